The predicted octanol–water partition coefficient (Wildman–Crippen LogP) is 1.68. The highest BCUT2D eigenvalue weighted by atomic mass is 35.5. The summed E-state index contributed by atoms with van der Waals surface area (Å²) in [7, 11) is 1.40. The zero-order valence-corrected chi connectivity index (χ0v) is 21.6. The molecule has 0 spiro atoms. The fourth-order valence-electron chi connectivity index (χ4n) is 4.89. The Kier molecular flexibility index (Phi) is 9.32. The molecule has 0 radical (unpaired) electrons. The van der Waals surface area contributed by atoms with Gasteiger partial charge < -0.3 is 19.9 Å². The average Bonchev–Trinajstić information content (AvgIpc) is 3.18. The van der Waals surface area contributed by atoms with Gasteiger partial charge in [-0.2, -0.15) is 4.41 Å². The van der Waals surface area contributed by atoms with Crippen LogP contribution in [0, 0.1) is 0 Å². The Balaban J connectivity index is 1.88. The van der Waals surface area contributed by atoms with Crippen LogP contribution in [0.1, 0.15) is 31.7 Å². The molecule has 2 saturated heterocycles. The largest absolute Gasteiger partial charge is 0.759 e. The molecule has 1 amide bonds. The molecule has 1 aromatic carbocycles. The highest BCUT2D eigenvalue weighted by molar-refractivity contribution is 7.76. The van der Waals surface area contributed by atoms with E-state index in [1.165, 1.54) is 18.9 Å². The third kappa shape index (κ3) is 6.27. The van der Waals surface area contributed by atoms with Crippen molar-refractivity contribution in [3.63, 3.8) is 0 Å². The van der Waals surface area contributed by atoms with Crippen molar-refractivity contribution >= 4 is 46.3 Å². The number of piperazine rings is 1. The second-order valence-electron chi connectivity index (χ2n) is 8.89. The minimum absolute atomic E-state index is 0.0320. The first-order chi connectivity index (χ1) is 16.0. The van der Waals surface area contributed by atoms with Crippen LogP contribution in [0.4, 0.5) is 4.79 Å². The lowest BCUT2D eigenvalue weighted by molar-refractivity contribution is -0.124. The summed E-state index contributed by atoms with van der Waals surface area (Å²) in [5.41, 5.74) is 3.85. The molecule has 34 heavy (non-hydrogen) atoms. The average molecular weight is 535 g/mol. The zero-order chi connectivity index (χ0) is 25.2. The van der Waals surface area contributed by atoms with Crippen molar-refractivity contribution in [3.05, 3.63) is 33.8 Å². The monoisotopic (exact) mass is 534 g/mol. The lowest BCUT2D eigenvalue weighted by Crippen LogP contribution is -2.66. The van der Waals surface area contributed by atoms with Crippen LogP contribution in [0.5, 0.6) is 0 Å². The van der Waals surface area contributed by atoms with Crippen LogP contribution >= 0.6 is 23.2 Å². The van der Waals surface area contributed by atoms with Crippen LogP contribution in [0.3, 0.4) is 0 Å². The van der Waals surface area contributed by atoms with Crippen molar-refractivity contribution in [2.75, 3.05) is 33.2 Å². The Morgan fingerprint density at radius 1 is 1.35 bits per heavy atom. The van der Waals surface area contributed by atoms with Crippen LogP contribution in [0.2, 0.25) is 10.0 Å². The van der Waals surface area contributed by atoms with Gasteiger partial charge in [-0.1, -0.05) is 29.3 Å². The van der Waals surface area contributed by atoms with Crippen molar-refractivity contribution in [1.29, 1.82) is 0 Å². The van der Waals surface area contributed by atoms with E-state index < -0.39 is 29.4 Å². The van der Waals surface area contributed by atoms with Gasteiger partial charge in [0.1, 0.15) is 5.78 Å². The molecule has 3 N–H and O–H groups in total. The SMILES string of the molecule is CC(=O)C([C@H]1CN(C(=O)O)C(C)CN1)N1CC(c2ccc(Cl)c(Cl)c2)C[C@@H]1CNN(C)S(=O)[O-]. The van der Waals surface area contributed by atoms with E-state index in [4.69, 9.17) is 23.2 Å². The minimum atomic E-state index is -2.44. The molecular weight excluding hydrogens is 505 g/mol. The summed E-state index contributed by atoms with van der Waals surface area (Å²) in [6, 6.07) is 4.09. The molecule has 2 aliphatic heterocycles. The van der Waals surface area contributed by atoms with E-state index in [-0.39, 0.29) is 36.9 Å². The summed E-state index contributed by atoms with van der Waals surface area (Å²) in [5.74, 6) is -0.0532. The maximum absolute atomic E-state index is 12.9. The van der Waals surface area contributed by atoms with E-state index in [9.17, 15) is 23.5 Å². The number of hydrogen-bond donors (Lipinski definition) is 3. The number of likely N-dealkylation sites (tertiary alicyclic amines) is 1. The van der Waals surface area contributed by atoms with E-state index in [1.54, 1.807) is 6.07 Å². The van der Waals surface area contributed by atoms with Gasteiger partial charge in [0.15, 0.2) is 0 Å². The van der Waals surface area contributed by atoms with Crippen LogP contribution < -0.4 is 10.7 Å². The van der Waals surface area contributed by atoms with Gasteiger partial charge in [0.2, 0.25) is 0 Å². The first-order valence-corrected chi connectivity index (χ1v) is 12.8. The predicted molar refractivity (Wildman–Crippen MR) is 129 cm³/mol. The molecule has 6 atom stereocenters. The first-order valence-electron chi connectivity index (χ1n) is 11.0. The quantitative estimate of drug-likeness (QED) is 0.339. The number of hydrazine groups is 1. The van der Waals surface area contributed by atoms with Crippen molar-refractivity contribution in [2.45, 2.75) is 50.4 Å². The van der Waals surface area contributed by atoms with Gasteiger partial charge in [-0.05, 0) is 43.9 Å². The number of halogens is 2. The van der Waals surface area contributed by atoms with Gasteiger partial charge >= 0.3 is 6.09 Å². The lowest BCUT2D eigenvalue weighted by atomic mass is 9.96. The number of nitrogens with one attached hydrogen (secondary N) is 2. The summed E-state index contributed by atoms with van der Waals surface area (Å²) >= 11 is 9.88. The molecule has 190 valence electrons. The minimum Gasteiger partial charge on any atom is -0.759 e. The van der Waals surface area contributed by atoms with E-state index in [2.05, 4.69) is 15.6 Å². The molecular formula is C21H30Cl2N5O5S-. The normalized spacial score (nSPS) is 27.7. The molecule has 2 fully saturated rings. The Labute approximate surface area is 211 Å². The van der Waals surface area contributed by atoms with Crippen LogP contribution in [0.25, 0.3) is 0 Å². The standard InChI is InChI=1S/C21H31Cl2N5O5S/c1-12-8-24-19(11-27(12)21(30)31)20(13(2)29)28-10-15(14-4-5-17(22)18(23)7-14)6-16(28)9-25-26(3)34(32)33/h4-5,7,12,15-16,19-20,24-25H,6,8-11H2,1-3H3,(H,30,31)(H,32,33)/p-1/t12?,15?,16-,19-,20?/m1/s1. The molecule has 0 aliphatic carbocycles. The van der Waals surface area contributed by atoms with Gasteiger partial charge in [-0.25, -0.2) is 10.2 Å². The molecule has 10 nitrogen and oxygen atoms in total. The fraction of sp³-hybridized carbons (Fsp3) is 0.619. The Hall–Kier alpha value is -1.31. The lowest BCUT2D eigenvalue weighted by Gasteiger charge is -2.43. The molecule has 0 bridgehead atoms. The second-order valence-corrected chi connectivity index (χ2v) is 10.7. The van der Waals surface area contributed by atoms with Crippen molar-refractivity contribution in [2.24, 2.45) is 0 Å². The summed E-state index contributed by atoms with van der Waals surface area (Å²) in [6.45, 7) is 4.76. The number of ketones is 1. The van der Waals surface area contributed by atoms with Crippen molar-refractivity contribution < 1.29 is 23.5 Å². The maximum Gasteiger partial charge on any atom is 0.407 e. The number of nitrogens with zero attached hydrogens (tertiary/aromatic N) is 3. The molecule has 0 aromatic heterocycles. The highest BCUT2D eigenvalue weighted by Crippen LogP contribution is 2.36. The zero-order valence-electron chi connectivity index (χ0n) is 19.2. The number of carboxylic acid groups (broad SMARTS) is 1. The van der Waals surface area contributed by atoms with Crippen molar-refractivity contribution in [1.82, 2.24) is 25.0 Å². The van der Waals surface area contributed by atoms with Gasteiger partial charge in [-0.3, -0.25) is 13.9 Å². The smallest absolute Gasteiger partial charge is 0.407 e. The van der Waals surface area contributed by atoms with E-state index in [0.717, 1.165) is 9.98 Å². The summed E-state index contributed by atoms with van der Waals surface area (Å²) < 4.78 is 23.5. The first kappa shape index (κ1) is 27.3. The summed E-state index contributed by atoms with van der Waals surface area (Å²) in [5, 5.41) is 13.8. The molecule has 2 aliphatic rings. The third-order valence-electron chi connectivity index (χ3n) is 6.65. The number of amides is 1. The van der Waals surface area contributed by atoms with E-state index in [0.29, 0.717) is 29.6 Å². The van der Waals surface area contributed by atoms with Gasteiger partial charge in [0.25, 0.3) is 0 Å². The maximum atomic E-state index is 12.9. The van der Waals surface area contributed by atoms with Crippen LogP contribution in [-0.2, 0) is 16.1 Å². The van der Waals surface area contributed by atoms with Gasteiger partial charge in [-0.15, -0.1) is 0 Å². The number of hydrogen-bond acceptors (Lipinski definition) is 7. The number of rotatable bonds is 8. The van der Waals surface area contributed by atoms with Gasteiger partial charge in [0.05, 0.1) is 16.1 Å². The molecule has 1 aromatic rings. The number of Topliss-reactive ketones (excluding diaryl/α,β-unsaturated/α-hetero) is 1. The molecule has 0 saturated carbocycles. The Morgan fingerprint density at radius 3 is 2.65 bits per heavy atom. The second kappa shape index (κ2) is 11.6. The Morgan fingerprint density at radius 2 is 2.06 bits per heavy atom. The van der Waals surface area contributed by atoms with Crippen molar-refractivity contribution in [3.8, 4) is 0 Å². The van der Waals surface area contributed by atoms with Gasteiger partial charge in [0, 0.05) is 62.6 Å². The fourth-order valence-corrected chi connectivity index (χ4v) is 5.38. The van der Waals surface area contributed by atoms with Crippen LogP contribution in [0.15, 0.2) is 18.2 Å². The topological polar surface area (TPSA) is 128 Å². The number of benzene rings is 1. The third-order valence-corrected chi connectivity index (χ3v) is 7.96. The summed E-state index contributed by atoms with van der Waals surface area (Å²) in [6.07, 6.45) is -0.367. The Bertz CT molecular complexity index is 941. The number of carbonyl (C=O) groups excluding carboxylic acids is 1. The number of carbonyl (C=O) groups is 2. The molecule has 13 heteroatoms. The molecule has 3 rings (SSSR count). The molecule has 4 unspecified atom stereocenters. The van der Waals surface area contributed by atoms with E-state index in [1.807, 2.05) is 19.1 Å². The highest BCUT2D eigenvalue weighted by Gasteiger charge is 2.44. The van der Waals surface area contributed by atoms with Crippen LogP contribution in [-0.4, -0.2) is 97.4 Å². The molecule has 2 heterocycles. The summed E-state index contributed by atoms with van der Waals surface area (Å²) in [4.78, 5) is 28.0. The van der Waals surface area contributed by atoms with E-state index >= 15 is 0 Å².